The average Bonchev–Trinajstić information content (AvgIpc) is 2.26. The fraction of sp³-hybridized carbons (Fsp3) is 0.417. The van der Waals surface area contributed by atoms with Gasteiger partial charge in [-0.3, -0.25) is 10.1 Å². The molecule has 1 aliphatic carbocycles. The highest BCUT2D eigenvalue weighted by Gasteiger charge is 2.39. The molecule has 18 heavy (non-hydrogen) atoms. The second-order valence-corrected chi connectivity index (χ2v) is 4.82. The van der Waals surface area contributed by atoms with Crippen LogP contribution in [-0.2, 0) is 0 Å². The molecule has 0 bridgehead atoms. The van der Waals surface area contributed by atoms with E-state index in [2.05, 4.69) is 5.32 Å². The van der Waals surface area contributed by atoms with Crippen molar-refractivity contribution in [3.05, 3.63) is 33.9 Å². The first-order valence-electron chi connectivity index (χ1n) is 5.59. The van der Waals surface area contributed by atoms with Gasteiger partial charge in [0.25, 0.3) is 5.69 Å². The number of nitrogens with zero attached hydrogens (tertiary/aromatic N) is 2. The number of benzene rings is 1. The highest BCUT2D eigenvalue weighted by atomic mass is 16.6. The quantitative estimate of drug-likeness (QED) is 0.626. The minimum atomic E-state index is -0.714. The monoisotopic (exact) mass is 247 g/mol. The van der Waals surface area contributed by atoms with Crippen molar-refractivity contribution >= 4 is 11.4 Å². The number of hydrogen-bond donors (Lipinski definition) is 2. The maximum atomic E-state index is 10.9. The van der Waals surface area contributed by atoms with Crippen LogP contribution in [0.25, 0.3) is 0 Å². The minimum Gasteiger partial charge on any atom is -0.390 e. The summed E-state index contributed by atoms with van der Waals surface area (Å²) in [6, 6.07) is 6.28. The third-order valence-electron chi connectivity index (χ3n) is 3.08. The molecule has 6 nitrogen and oxygen atoms in total. The van der Waals surface area contributed by atoms with Crippen LogP contribution in [0.2, 0.25) is 0 Å². The van der Waals surface area contributed by atoms with Gasteiger partial charge < -0.3 is 10.4 Å². The molecular weight excluding hydrogens is 234 g/mol. The van der Waals surface area contributed by atoms with Gasteiger partial charge in [0.05, 0.1) is 16.1 Å². The third kappa shape index (κ3) is 2.26. The molecule has 2 N–H and O–H groups in total. The van der Waals surface area contributed by atoms with E-state index in [1.54, 1.807) is 6.92 Å². The SMILES string of the molecule is CC1(O)CC(Nc2c(C#N)cccc2[N+](=O)[O-])C1. The van der Waals surface area contributed by atoms with Crippen LogP contribution in [0.4, 0.5) is 11.4 Å². The van der Waals surface area contributed by atoms with Gasteiger partial charge in [0.15, 0.2) is 0 Å². The van der Waals surface area contributed by atoms with Crippen LogP contribution in [0, 0.1) is 21.4 Å². The Balaban J connectivity index is 2.26. The average molecular weight is 247 g/mol. The van der Waals surface area contributed by atoms with Crippen LogP contribution in [0.1, 0.15) is 25.3 Å². The molecule has 94 valence electrons. The first-order valence-corrected chi connectivity index (χ1v) is 5.59. The third-order valence-corrected chi connectivity index (χ3v) is 3.08. The van der Waals surface area contributed by atoms with Crippen molar-refractivity contribution in [1.29, 1.82) is 5.26 Å². The summed E-state index contributed by atoms with van der Waals surface area (Å²) in [4.78, 5) is 10.4. The minimum absolute atomic E-state index is 0.0341. The lowest BCUT2D eigenvalue weighted by molar-refractivity contribution is -0.384. The van der Waals surface area contributed by atoms with E-state index in [1.165, 1.54) is 18.2 Å². The highest BCUT2D eigenvalue weighted by molar-refractivity contribution is 5.70. The van der Waals surface area contributed by atoms with E-state index >= 15 is 0 Å². The molecule has 2 rings (SSSR count). The molecule has 0 aromatic heterocycles. The van der Waals surface area contributed by atoms with E-state index in [9.17, 15) is 15.2 Å². The molecule has 0 amide bonds. The van der Waals surface area contributed by atoms with E-state index in [0.29, 0.717) is 12.8 Å². The first-order chi connectivity index (χ1) is 8.43. The molecule has 6 heteroatoms. The van der Waals surface area contributed by atoms with E-state index in [1.807, 2.05) is 6.07 Å². The molecule has 0 saturated heterocycles. The van der Waals surface area contributed by atoms with Crippen LogP contribution >= 0.6 is 0 Å². The number of aliphatic hydroxyl groups is 1. The summed E-state index contributed by atoms with van der Waals surface area (Å²) in [5.74, 6) is 0. The maximum Gasteiger partial charge on any atom is 0.293 e. The van der Waals surface area contributed by atoms with Gasteiger partial charge in [-0.25, -0.2) is 0 Å². The molecule has 0 aliphatic heterocycles. The van der Waals surface area contributed by atoms with Crippen LogP contribution in [0.3, 0.4) is 0 Å². The zero-order valence-corrected chi connectivity index (χ0v) is 9.88. The zero-order valence-electron chi connectivity index (χ0n) is 9.88. The lowest BCUT2D eigenvalue weighted by Gasteiger charge is -2.41. The predicted octanol–water partition coefficient (Wildman–Crippen LogP) is 1.79. The summed E-state index contributed by atoms with van der Waals surface area (Å²) < 4.78 is 0. The Morgan fingerprint density at radius 2 is 2.28 bits per heavy atom. The Morgan fingerprint density at radius 3 is 2.78 bits per heavy atom. The summed E-state index contributed by atoms with van der Waals surface area (Å²) in [5, 5.41) is 32.5. The molecular formula is C12H13N3O3. The zero-order chi connectivity index (χ0) is 13.3. The van der Waals surface area contributed by atoms with Gasteiger partial charge in [0.1, 0.15) is 11.8 Å². The summed E-state index contributed by atoms with van der Waals surface area (Å²) >= 11 is 0. The number of anilines is 1. The van der Waals surface area contributed by atoms with Crippen molar-refractivity contribution in [3.63, 3.8) is 0 Å². The second kappa shape index (κ2) is 4.27. The van der Waals surface area contributed by atoms with E-state index in [4.69, 9.17) is 5.26 Å². The van der Waals surface area contributed by atoms with Crippen LogP contribution in [0.5, 0.6) is 0 Å². The molecule has 0 unspecified atom stereocenters. The second-order valence-electron chi connectivity index (χ2n) is 4.82. The Hall–Kier alpha value is -2.13. The number of nitro groups is 1. The Bertz CT molecular complexity index is 526. The standard InChI is InChI=1S/C12H13N3O3/c1-12(16)5-9(6-12)14-11-8(7-13)3-2-4-10(11)15(17)18/h2-4,9,14,16H,5-6H2,1H3. The van der Waals surface area contributed by atoms with Crippen LogP contribution in [-0.4, -0.2) is 21.7 Å². The molecule has 0 atom stereocenters. The molecule has 1 aromatic carbocycles. The van der Waals surface area contributed by atoms with Gasteiger partial charge >= 0.3 is 0 Å². The van der Waals surface area contributed by atoms with Crippen molar-refractivity contribution in [2.45, 2.75) is 31.4 Å². The molecule has 1 aliphatic rings. The van der Waals surface area contributed by atoms with Crippen LogP contribution in [0.15, 0.2) is 18.2 Å². The smallest absolute Gasteiger partial charge is 0.293 e. The summed E-state index contributed by atoms with van der Waals surface area (Å²) in [6.07, 6.45) is 1.04. The van der Waals surface area contributed by atoms with Gasteiger partial charge in [-0.1, -0.05) is 6.07 Å². The van der Waals surface area contributed by atoms with Crippen molar-refractivity contribution in [3.8, 4) is 6.07 Å². The lowest BCUT2D eigenvalue weighted by atomic mass is 9.77. The van der Waals surface area contributed by atoms with Gasteiger partial charge in [-0.15, -0.1) is 0 Å². The number of nitro benzene ring substituents is 1. The maximum absolute atomic E-state index is 10.9. The fourth-order valence-corrected chi connectivity index (χ4v) is 2.25. The molecule has 1 fully saturated rings. The molecule has 0 heterocycles. The lowest BCUT2D eigenvalue weighted by Crippen LogP contribution is -2.48. The highest BCUT2D eigenvalue weighted by Crippen LogP contribution is 2.37. The predicted molar refractivity (Wildman–Crippen MR) is 65.1 cm³/mol. The first kappa shape index (κ1) is 12.3. The van der Waals surface area contributed by atoms with Crippen molar-refractivity contribution in [2.24, 2.45) is 0 Å². The van der Waals surface area contributed by atoms with Crippen molar-refractivity contribution < 1.29 is 10.0 Å². The Morgan fingerprint density at radius 1 is 1.61 bits per heavy atom. The Labute approximate surface area is 104 Å². The number of nitriles is 1. The number of nitrogens with one attached hydrogen (secondary N) is 1. The topological polar surface area (TPSA) is 99.2 Å². The Kier molecular flexibility index (Phi) is 2.93. The van der Waals surface area contributed by atoms with E-state index in [-0.39, 0.29) is 23.0 Å². The van der Waals surface area contributed by atoms with Crippen molar-refractivity contribution in [2.75, 3.05) is 5.32 Å². The summed E-state index contributed by atoms with van der Waals surface area (Å²) in [6.45, 7) is 1.72. The van der Waals surface area contributed by atoms with Crippen LogP contribution < -0.4 is 5.32 Å². The van der Waals surface area contributed by atoms with Gasteiger partial charge in [-0.05, 0) is 25.8 Å². The largest absolute Gasteiger partial charge is 0.390 e. The summed E-state index contributed by atoms with van der Waals surface area (Å²) in [5.41, 5.74) is -0.338. The fourth-order valence-electron chi connectivity index (χ4n) is 2.25. The molecule has 1 aromatic rings. The summed E-state index contributed by atoms with van der Waals surface area (Å²) in [7, 11) is 0. The van der Waals surface area contributed by atoms with Crippen molar-refractivity contribution in [1.82, 2.24) is 0 Å². The number of para-hydroxylation sites is 1. The van der Waals surface area contributed by atoms with Gasteiger partial charge in [-0.2, -0.15) is 5.26 Å². The van der Waals surface area contributed by atoms with Gasteiger partial charge in [0.2, 0.25) is 0 Å². The molecule has 1 saturated carbocycles. The number of hydrogen-bond acceptors (Lipinski definition) is 5. The van der Waals surface area contributed by atoms with Gasteiger partial charge in [0, 0.05) is 12.1 Å². The normalized spacial score (nSPS) is 25.9. The van der Waals surface area contributed by atoms with E-state index < -0.39 is 10.5 Å². The van der Waals surface area contributed by atoms with E-state index in [0.717, 1.165) is 0 Å². The molecule has 0 spiro atoms. The molecule has 0 radical (unpaired) electrons. The number of rotatable bonds is 3.